The molecule has 2 aromatic heterocycles. The molecule has 0 aliphatic carbocycles. The molecule has 2 heterocycles. The van der Waals surface area contributed by atoms with Gasteiger partial charge in [-0.25, -0.2) is 9.37 Å². The number of fused-ring (bicyclic) bond motifs is 1. The molecule has 25 heavy (non-hydrogen) atoms. The highest BCUT2D eigenvalue weighted by Crippen LogP contribution is 2.40. The van der Waals surface area contributed by atoms with Gasteiger partial charge in [-0.2, -0.15) is 24.9 Å². The van der Waals surface area contributed by atoms with Crippen LogP contribution in [-0.2, 0) is 11.9 Å². The van der Waals surface area contributed by atoms with Gasteiger partial charge in [-0.3, -0.25) is 4.40 Å². The lowest BCUT2D eigenvalue weighted by Crippen LogP contribution is -2.12. The van der Waals surface area contributed by atoms with Gasteiger partial charge in [-0.1, -0.05) is 23.2 Å². The molecule has 0 bridgehead atoms. The molecule has 0 aliphatic rings. The van der Waals surface area contributed by atoms with Gasteiger partial charge in [0.25, 0.3) is 0 Å². The van der Waals surface area contributed by atoms with Crippen LogP contribution in [0, 0.1) is 5.82 Å². The topological polar surface area (TPSA) is 17.3 Å². The van der Waals surface area contributed by atoms with E-state index in [0.717, 1.165) is 22.7 Å². The standard InChI is InChI=1S/C16H10Cl2F4N2S/c1-25-7-8-4-9(12(19)5-10(8)17)14-11(18)6-13(16(20,21)22)24-3-2-23-15(14)24/h2-6H,7H2,1H3. The minimum absolute atomic E-state index is 0.0587. The Hall–Kier alpha value is -1.44. The second-order valence-electron chi connectivity index (χ2n) is 5.23. The van der Waals surface area contributed by atoms with E-state index >= 15 is 0 Å². The summed E-state index contributed by atoms with van der Waals surface area (Å²) in [5.74, 6) is -0.156. The summed E-state index contributed by atoms with van der Waals surface area (Å²) >= 11 is 13.6. The second kappa shape index (κ2) is 6.70. The van der Waals surface area contributed by atoms with Crippen LogP contribution in [0.1, 0.15) is 11.3 Å². The van der Waals surface area contributed by atoms with Crippen LogP contribution in [0.3, 0.4) is 0 Å². The van der Waals surface area contributed by atoms with Crippen LogP contribution in [0.15, 0.2) is 30.6 Å². The van der Waals surface area contributed by atoms with Crippen molar-refractivity contribution in [2.24, 2.45) is 0 Å². The predicted octanol–water partition coefficient (Wildman–Crippen LogP) is 6.33. The van der Waals surface area contributed by atoms with Crippen LogP contribution in [0.4, 0.5) is 17.6 Å². The molecule has 0 radical (unpaired) electrons. The van der Waals surface area contributed by atoms with Crippen molar-refractivity contribution in [2.75, 3.05) is 6.26 Å². The van der Waals surface area contributed by atoms with Crippen LogP contribution < -0.4 is 0 Å². The zero-order chi connectivity index (χ0) is 18.4. The summed E-state index contributed by atoms with van der Waals surface area (Å²) in [6.45, 7) is 0. The van der Waals surface area contributed by atoms with E-state index in [2.05, 4.69) is 4.98 Å². The molecule has 0 atom stereocenters. The molecule has 0 saturated heterocycles. The maximum absolute atomic E-state index is 14.5. The summed E-state index contributed by atoms with van der Waals surface area (Å²) in [5, 5.41) is 0.0142. The van der Waals surface area contributed by atoms with Crippen molar-refractivity contribution >= 4 is 40.6 Å². The quantitative estimate of drug-likeness (QED) is 0.471. The number of aromatic nitrogens is 2. The first kappa shape index (κ1) is 18.4. The molecule has 0 fully saturated rings. The highest BCUT2D eigenvalue weighted by Gasteiger charge is 2.35. The number of rotatable bonds is 3. The average Bonchev–Trinajstić information content (AvgIpc) is 2.98. The molecule has 2 nitrogen and oxygen atoms in total. The molecule has 3 rings (SSSR count). The van der Waals surface area contributed by atoms with E-state index in [0.29, 0.717) is 11.3 Å². The van der Waals surface area contributed by atoms with Gasteiger partial charge in [0.15, 0.2) is 0 Å². The first-order valence-corrected chi connectivity index (χ1v) is 9.09. The number of hydrogen-bond donors (Lipinski definition) is 0. The van der Waals surface area contributed by atoms with E-state index in [9.17, 15) is 17.6 Å². The fourth-order valence-corrected chi connectivity index (χ4v) is 3.71. The van der Waals surface area contributed by atoms with Gasteiger partial charge < -0.3 is 0 Å². The Morgan fingerprint density at radius 2 is 1.88 bits per heavy atom. The van der Waals surface area contributed by atoms with E-state index in [1.807, 2.05) is 6.26 Å². The van der Waals surface area contributed by atoms with Crippen LogP contribution in [-0.4, -0.2) is 15.6 Å². The molecule has 132 valence electrons. The smallest absolute Gasteiger partial charge is 0.295 e. The highest BCUT2D eigenvalue weighted by atomic mass is 35.5. The third-order valence-corrected chi connectivity index (χ3v) is 4.87. The van der Waals surface area contributed by atoms with Gasteiger partial charge in [-0.05, 0) is 30.0 Å². The van der Waals surface area contributed by atoms with E-state index < -0.39 is 17.7 Å². The van der Waals surface area contributed by atoms with Crippen LogP contribution in [0.5, 0.6) is 0 Å². The summed E-state index contributed by atoms with van der Waals surface area (Å²) < 4.78 is 55.0. The molecule has 0 spiro atoms. The second-order valence-corrected chi connectivity index (χ2v) is 6.91. The van der Waals surface area contributed by atoms with Gasteiger partial charge in [0.2, 0.25) is 0 Å². The Balaban J connectivity index is 2.33. The molecule has 0 saturated carbocycles. The largest absolute Gasteiger partial charge is 0.431 e. The number of hydrogen-bond acceptors (Lipinski definition) is 2. The number of benzene rings is 1. The number of pyridine rings is 1. The van der Waals surface area contributed by atoms with Crippen molar-refractivity contribution in [3.05, 3.63) is 57.7 Å². The summed E-state index contributed by atoms with van der Waals surface area (Å²) in [7, 11) is 0. The average molecular weight is 409 g/mol. The van der Waals surface area contributed by atoms with Crippen molar-refractivity contribution in [1.82, 2.24) is 9.38 Å². The van der Waals surface area contributed by atoms with Gasteiger partial charge in [-0.15, -0.1) is 0 Å². The third kappa shape index (κ3) is 3.32. The van der Waals surface area contributed by atoms with Crippen molar-refractivity contribution in [3.8, 4) is 11.1 Å². The summed E-state index contributed by atoms with van der Waals surface area (Å²) in [6.07, 6.45) is -0.392. The normalized spacial score (nSPS) is 12.1. The summed E-state index contributed by atoms with van der Waals surface area (Å²) in [5.41, 5.74) is -0.241. The zero-order valence-electron chi connectivity index (χ0n) is 12.7. The molecule has 9 heteroatoms. The lowest BCUT2D eigenvalue weighted by Gasteiger charge is -2.15. The first-order valence-electron chi connectivity index (χ1n) is 6.94. The van der Waals surface area contributed by atoms with E-state index in [4.69, 9.17) is 23.2 Å². The van der Waals surface area contributed by atoms with Gasteiger partial charge >= 0.3 is 6.18 Å². The van der Waals surface area contributed by atoms with Crippen molar-refractivity contribution in [1.29, 1.82) is 0 Å². The molecule has 0 N–H and O–H groups in total. The van der Waals surface area contributed by atoms with Crippen LogP contribution in [0.25, 0.3) is 16.8 Å². The van der Waals surface area contributed by atoms with E-state index in [1.54, 1.807) is 0 Å². The molecular formula is C16H10Cl2F4N2S. The Kier molecular flexibility index (Phi) is 4.92. The van der Waals surface area contributed by atoms with E-state index in [-0.39, 0.29) is 26.8 Å². The Bertz CT molecular complexity index is 953. The molecular weight excluding hydrogens is 399 g/mol. The van der Waals surface area contributed by atoms with Gasteiger partial charge in [0.05, 0.1) is 5.02 Å². The van der Waals surface area contributed by atoms with E-state index in [1.165, 1.54) is 24.0 Å². The minimum Gasteiger partial charge on any atom is -0.295 e. The van der Waals surface area contributed by atoms with Crippen LogP contribution >= 0.6 is 35.0 Å². The predicted molar refractivity (Wildman–Crippen MR) is 92.8 cm³/mol. The molecule has 1 aromatic carbocycles. The summed E-state index contributed by atoms with van der Waals surface area (Å²) in [4.78, 5) is 3.94. The molecule has 3 aromatic rings. The fourth-order valence-electron chi connectivity index (χ4n) is 2.57. The van der Waals surface area contributed by atoms with Gasteiger partial charge in [0, 0.05) is 34.3 Å². The number of alkyl halides is 3. The number of thioether (sulfide) groups is 1. The Morgan fingerprint density at radius 1 is 1.16 bits per heavy atom. The lowest BCUT2D eigenvalue weighted by atomic mass is 10.0. The maximum atomic E-state index is 14.5. The van der Waals surface area contributed by atoms with Gasteiger partial charge in [0.1, 0.15) is 17.2 Å². The maximum Gasteiger partial charge on any atom is 0.431 e. The van der Waals surface area contributed by atoms with Crippen molar-refractivity contribution in [2.45, 2.75) is 11.9 Å². The SMILES string of the molecule is CSCc1cc(-c2c(Cl)cc(C(F)(F)F)n3ccnc23)c(F)cc1Cl. The monoisotopic (exact) mass is 408 g/mol. The van der Waals surface area contributed by atoms with Crippen molar-refractivity contribution in [3.63, 3.8) is 0 Å². The lowest BCUT2D eigenvalue weighted by molar-refractivity contribution is -0.142. The Labute approximate surface area is 154 Å². The minimum atomic E-state index is -4.62. The number of nitrogens with zero attached hydrogens (tertiary/aromatic N) is 2. The Morgan fingerprint density at radius 3 is 2.52 bits per heavy atom. The molecule has 0 amide bonds. The fraction of sp³-hybridized carbons (Fsp3) is 0.188. The zero-order valence-corrected chi connectivity index (χ0v) is 15.0. The molecule has 0 aliphatic heterocycles. The number of halogens is 6. The van der Waals surface area contributed by atoms with Crippen molar-refractivity contribution < 1.29 is 17.6 Å². The van der Waals surface area contributed by atoms with Crippen LogP contribution in [0.2, 0.25) is 10.0 Å². The summed E-state index contributed by atoms with van der Waals surface area (Å²) in [6, 6.07) is 3.40. The number of imidazole rings is 1. The third-order valence-electron chi connectivity index (χ3n) is 3.62. The molecule has 0 unspecified atom stereocenters. The highest BCUT2D eigenvalue weighted by molar-refractivity contribution is 7.97. The first-order chi connectivity index (χ1) is 11.7.